The minimum absolute atomic E-state index is 0.0319. The molecule has 20 rings (SSSR count). The fraction of sp³-hybridized carbons (Fsp3) is 0.133. The molecule has 20 aromatic carbocycles. The molecule has 0 aliphatic heterocycles. The Balaban J connectivity index is 0.000000193. The van der Waals surface area contributed by atoms with Crippen molar-refractivity contribution in [2.75, 3.05) is 0 Å². The third kappa shape index (κ3) is 15.6. The largest absolute Gasteiger partial charge is 0.507 e. The minimum atomic E-state index is -1.32. The summed E-state index contributed by atoms with van der Waals surface area (Å²) in [5.74, 6) is -0.587. The molecule has 0 aliphatic rings. The van der Waals surface area contributed by atoms with Gasteiger partial charge >= 0.3 is 0 Å². The maximum atomic E-state index is 11.9. The summed E-state index contributed by atoms with van der Waals surface area (Å²) in [5, 5.41) is 191. The topological polar surface area (TPSA) is 324 Å². The Bertz CT molecular complexity index is 7110. The average Bonchev–Trinajstić information content (AvgIpc) is 0.717. The van der Waals surface area contributed by atoms with Crippen LogP contribution in [0.5, 0.6) is 92.0 Å². The van der Waals surface area contributed by atoms with Crippen LogP contribution < -0.4 is 0 Å². The van der Waals surface area contributed by atoms with E-state index in [-0.39, 0.29) is 92.0 Å². The highest BCUT2D eigenvalue weighted by Crippen LogP contribution is 2.58. The molecule has 0 radical (unpaired) electrons. The van der Waals surface area contributed by atoms with Crippen LogP contribution >= 0.6 is 0 Å². The van der Waals surface area contributed by atoms with Gasteiger partial charge in [0, 0.05) is 152 Å². The number of fused-ring (bicyclic) bond motifs is 8. The van der Waals surface area contributed by atoms with Gasteiger partial charge in [0.25, 0.3) is 0 Å². The Hall–Kier alpha value is -16.7. The van der Waals surface area contributed by atoms with Crippen molar-refractivity contribution in [3.8, 4) is 114 Å². The van der Waals surface area contributed by atoms with Gasteiger partial charge in [0.2, 0.25) is 0 Å². The molecule has 16 N–H and O–H groups in total. The standard InChI is InChI=1S/2C56H42O8.4C2H6/c1-55(43-27-23-35-39(51(43)61)7-3-11-47(35)57,44-28-24-36-40(52(44)62)8-4-12-48(36)58)33-19-15-31(16-20-33)32-17-21-34(22-18-32)56(2,45-29-25-37-41(53(45)63)9-5-13-49(37)59)46-30-26-38-42(54(46)64)10-6-14-50(38)60;1-55(43-27-47(57)35-11-3-7-15-39(35)51(43)61,44-28-48(58)36-12-4-8-16-40(36)52(44)62)33-23-19-31(20-24-33)32-21-25-34(26-22-32)56(2,45-29-49(59)37-13-5-9-17-41(37)53(45)63)46-30-50(60)38-14-6-10-18-42(38)54(46)64;4*1-2/h2*3-30,57-64H,1-2H3;4*1-2H3. The molecule has 0 aromatic heterocycles. The van der Waals surface area contributed by atoms with Gasteiger partial charge in [-0.1, -0.05) is 347 Å². The van der Waals surface area contributed by atoms with Crippen LogP contribution in [-0.2, 0) is 21.7 Å². The maximum Gasteiger partial charge on any atom is 0.128 e. The van der Waals surface area contributed by atoms with Gasteiger partial charge in [0.1, 0.15) is 92.0 Å². The number of phenolic OH excluding ortho intramolecular Hbond substituents is 16. The molecule has 0 saturated heterocycles. The number of phenols is 16. The predicted octanol–water partition coefficient (Wildman–Crippen LogP) is 28.7. The fourth-order valence-electron chi connectivity index (χ4n) is 19.6. The molecule has 0 atom stereocenters. The molecule has 0 aliphatic carbocycles. The van der Waals surface area contributed by atoms with Gasteiger partial charge in [-0.25, -0.2) is 0 Å². The number of hydrogen-bond donors (Lipinski definition) is 16. The van der Waals surface area contributed by atoms with Crippen LogP contribution in [-0.4, -0.2) is 81.7 Å². The highest BCUT2D eigenvalue weighted by atomic mass is 16.3. The van der Waals surface area contributed by atoms with Gasteiger partial charge in [-0.15, -0.1) is 0 Å². The molecule has 136 heavy (non-hydrogen) atoms. The van der Waals surface area contributed by atoms with Crippen molar-refractivity contribution in [2.45, 2.75) is 105 Å². The Morgan fingerprint density at radius 3 is 0.449 bits per heavy atom. The van der Waals surface area contributed by atoms with E-state index >= 15 is 0 Å². The van der Waals surface area contributed by atoms with E-state index in [0.29, 0.717) is 142 Å². The zero-order valence-corrected chi connectivity index (χ0v) is 77.5. The van der Waals surface area contributed by atoms with Crippen molar-refractivity contribution in [2.24, 2.45) is 0 Å². The molecule has 0 fully saturated rings. The summed E-state index contributed by atoms with van der Waals surface area (Å²) < 4.78 is 0. The molecule has 0 saturated carbocycles. The Kier molecular flexibility index (Phi) is 26.2. The lowest BCUT2D eigenvalue weighted by Gasteiger charge is -2.34. The number of benzene rings is 20. The average molecular weight is 1810 g/mol. The highest BCUT2D eigenvalue weighted by Gasteiger charge is 2.43. The van der Waals surface area contributed by atoms with Gasteiger partial charge in [0.05, 0.1) is 0 Å². The molecular weight excluding hydrogens is 1700 g/mol. The zero-order valence-electron chi connectivity index (χ0n) is 77.5. The monoisotopic (exact) mass is 1800 g/mol. The Morgan fingerprint density at radius 2 is 0.272 bits per heavy atom. The summed E-state index contributed by atoms with van der Waals surface area (Å²) in [4.78, 5) is 0. The molecular formula is C120H108O16. The molecule has 16 heteroatoms. The minimum Gasteiger partial charge on any atom is -0.507 e. The van der Waals surface area contributed by atoms with E-state index in [1.165, 1.54) is 24.3 Å². The molecule has 684 valence electrons. The van der Waals surface area contributed by atoms with E-state index in [1.54, 1.807) is 218 Å². The van der Waals surface area contributed by atoms with Crippen LogP contribution in [0.4, 0.5) is 0 Å². The van der Waals surface area contributed by atoms with Crippen LogP contribution in [0.1, 0.15) is 150 Å². The Morgan fingerprint density at radius 1 is 0.132 bits per heavy atom. The lowest BCUT2D eigenvalue weighted by Crippen LogP contribution is -2.26. The van der Waals surface area contributed by atoms with Crippen LogP contribution in [0, 0.1) is 0 Å². The third-order valence-corrected chi connectivity index (χ3v) is 26.8. The molecule has 0 unspecified atom stereocenters. The first-order valence-corrected chi connectivity index (χ1v) is 45.6. The molecule has 0 spiro atoms. The summed E-state index contributed by atoms with van der Waals surface area (Å²) in [7, 11) is 0. The van der Waals surface area contributed by atoms with E-state index in [9.17, 15) is 81.7 Å². The van der Waals surface area contributed by atoms with Gasteiger partial charge in [-0.3, -0.25) is 0 Å². The van der Waals surface area contributed by atoms with E-state index in [0.717, 1.165) is 33.4 Å². The first-order valence-electron chi connectivity index (χ1n) is 45.6. The number of rotatable bonds is 14. The van der Waals surface area contributed by atoms with Crippen LogP contribution in [0.2, 0.25) is 0 Å². The van der Waals surface area contributed by atoms with E-state index in [1.807, 2.05) is 180 Å². The smallest absolute Gasteiger partial charge is 0.128 e. The summed E-state index contributed by atoms with van der Waals surface area (Å²) in [5.41, 5.74) is 4.48. The van der Waals surface area contributed by atoms with Gasteiger partial charge in [-0.2, -0.15) is 0 Å². The Labute approximate surface area is 788 Å². The van der Waals surface area contributed by atoms with E-state index in [2.05, 4.69) is 0 Å². The van der Waals surface area contributed by atoms with Crippen molar-refractivity contribution in [3.63, 3.8) is 0 Å². The summed E-state index contributed by atoms with van der Waals surface area (Å²) in [6.45, 7) is 23.5. The summed E-state index contributed by atoms with van der Waals surface area (Å²) in [6.07, 6.45) is 0. The van der Waals surface area contributed by atoms with Crippen LogP contribution in [0.15, 0.2) is 340 Å². The molecule has 0 bridgehead atoms. The first-order chi connectivity index (χ1) is 65.6. The normalized spacial score (nSPS) is 11.6. The lowest BCUT2D eigenvalue weighted by atomic mass is 9.68. The second kappa shape index (κ2) is 37.9. The van der Waals surface area contributed by atoms with Crippen LogP contribution in [0.25, 0.3) is 108 Å². The van der Waals surface area contributed by atoms with Gasteiger partial charge in [-0.05, 0) is 121 Å². The fourth-order valence-corrected chi connectivity index (χ4v) is 19.6. The summed E-state index contributed by atoms with van der Waals surface area (Å²) in [6, 6.07) is 98.8. The second-order valence-electron chi connectivity index (χ2n) is 33.5. The van der Waals surface area contributed by atoms with Crippen molar-refractivity contribution in [1.82, 2.24) is 0 Å². The molecule has 0 heterocycles. The molecule has 20 aromatic rings. The van der Waals surface area contributed by atoms with Crippen LogP contribution in [0.3, 0.4) is 0 Å². The highest BCUT2D eigenvalue weighted by molar-refractivity contribution is 6.03. The SMILES string of the molecule is CC.CC.CC.CC.CC(c1ccc(-c2ccc(C(C)(c3cc(O)c4ccccc4c3O)c3cc(O)c4ccccc4c3O)cc2)cc1)(c1cc(O)c2ccccc2c1O)c1cc(O)c2ccccc2c1O.CC(c1ccc(-c2ccc(C(C)(c3ccc4c(O)cccc4c3O)c3ccc4c(O)cccc4c3O)cc2)cc1)(c1ccc2c(O)cccc2c1O)c1ccc2c(O)cccc2c1O. The first kappa shape index (κ1) is 93.9. The summed E-state index contributed by atoms with van der Waals surface area (Å²) >= 11 is 0. The molecule has 0 amide bonds. The molecule has 16 nitrogen and oxygen atoms in total. The quantitative estimate of drug-likeness (QED) is 0.0355. The zero-order chi connectivity index (χ0) is 97.3. The maximum absolute atomic E-state index is 11.9. The second-order valence-corrected chi connectivity index (χ2v) is 33.5. The van der Waals surface area contributed by atoms with Crippen molar-refractivity contribution < 1.29 is 81.7 Å². The lowest BCUT2D eigenvalue weighted by molar-refractivity contribution is 0.438. The van der Waals surface area contributed by atoms with Crippen molar-refractivity contribution in [1.29, 1.82) is 0 Å². The van der Waals surface area contributed by atoms with E-state index in [4.69, 9.17) is 0 Å². The van der Waals surface area contributed by atoms with Crippen molar-refractivity contribution >= 4 is 86.2 Å². The number of aromatic hydroxyl groups is 16. The van der Waals surface area contributed by atoms with Gasteiger partial charge in [0.15, 0.2) is 0 Å². The number of hydrogen-bond acceptors (Lipinski definition) is 16. The predicted molar refractivity (Wildman–Crippen MR) is 550 cm³/mol. The van der Waals surface area contributed by atoms with Gasteiger partial charge < -0.3 is 81.7 Å². The van der Waals surface area contributed by atoms with Crippen molar-refractivity contribution in [3.05, 3.63) is 406 Å². The van der Waals surface area contributed by atoms with E-state index < -0.39 is 21.7 Å². The third-order valence-electron chi connectivity index (χ3n) is 26.8.